The van der Waals surface area contributed by atoms with Crippen molar-refractivity contribution in [1.82, 2.24) is 0 Å². The van der Waals surface area contributed by atoms with E-state index in [2.05, 4.69) is 69.2 Å². The lowest BCUT2D eigenvalue weighted by atomic mass is 9.80. The molecule has 4 atom stereocenters. The van der Waals surface area contributed by atoms with Gasteiger partial charge in [0.2, 0.25) is 0 Å². The lowest BCUT2D eigenvalue weighted by molar-refractivity contribution is 0.264. The maximum absolute atomic E-state index is 2.40. The zero-order valence-corrected chi connectivity index (χ0v) is 32.7. The summed E-state index contributed by atoms with van der Waals surface area (Å²) in [6.45, 7) is 23.5. The van der Waals surface area contributed by atoms with Crippen LogP contribution in [0, 0.1) is 59.2 Å². The van der Waals surface area contributed by atoms with E-state index < -0.39 is 0 Å². The lowest BCUT2D eigenvalue weighted by Gasteiger charge is -2.26. The standard InChI is InChI=1S/2C10H20.C9H18.C8H16.C7H14/c1-9-5-3-7-10(2)8-4-6-9;1-3-9-5-7-10(4-2)8-6-9;1-3-8-5-6-9(4-2)7-8;1-7-3-5-8(2)6-4-7;1-6-3-4-7(2)5-6/h2*9-10H,3-8H2,1-2H3;8-9H,3-7H2,1-2H3;7-8H,3-6H2,1-2H3;6-7H,3-5H2,1-2H3. The summed E-state index contributed by atoms with van der Waals surface area (Å²) in [7, 11) is 0. The van der Waals surface area contributed by atoms with Gasteiger partial charge in [0.15, 0.2) is 0 Å². The quantitative estimate of drug-likeness (QED) is 0.295. The van der Waals surface area contributed by atoms with Crippen molar-refractivity contribution in [2.75, 3.05) is 0 Å². The van der Waals surface area contributed by atoms with Gasteiger partial charge in [0.1, 0.15) is 0 Å². The summed E-state index contributed by atoms with van der Waals surface area (Å²) in [5, 5.41) is 0. The van der Waals surface area contributed by atoms with Gasteiger partial charge >= 0.3 is 0 Å². The first-order valence-electron chi connectivity index (χ1n) is 21.1. The molecule has 0 bridgehead atoms. The Labute approximate surface area is 281 Å². The lowest BCUT2D eigenvalue weighted by Crippen LogP contribution is -2.12. The molecule has 0 nitrogen and oxygen atoms in total. The molecular formula is C44H88. The van der Waals surface area contributed by atoms with E-state index in [1.165, 1.54) is 154 Å². The molecule has 5 fully saturated rings. The predicted molar refractivity (Wildman–Crippen MR) is 202 cm³/mol. The fraction of sp³-hybridized carbons (Fsp3) is 1.00. The van der Waals surface area contributed by atoms with E-state index in [1.54, 1.807) is 0 Å². The van der Waals surface area contributed by atoms with Crippen LogP contribution in [0.3, 0.4) is 0 Å². The second-order valence-corrected chi connectivity index (χ2v) is 17.5. The van der Waals surface area contributed by atoms with Gasteiger partial charge in [-0.15, -0.1) is 0 Å². The summed E-state index contributed by atoms with van der Waals surface area (Å²) >= 11 is 0. The Balaban J connectivity index is 0.000000276. The summed E-state index contributed by atoms with van der Waals surface area (Å²) in [5.74, 6) is 10.4. The molecule has 5 aliphatic carbocycles. The van der Waals surface area contributed by atoms with E-state index in [1.807, 2.05) is 0 Å². The largest absolute Gasteiger partial charge is 0.0651 e. The molecule has 0 aliphatic heterocycles. The highest BCUT2D eigenvalue weighted by Gasteiger charge is 2.21. The Kier molecular flexibility index (Phi) is 24.8. The van der Waals surface area contributed by atoms with Crippen molar-refractivity contribution < 1.29 is 0 Å². The van der Waals surface area contributed by atoms with Gasteiger partial charge in [-0.1, -0.05) is 210 Å². The third-order valence-electron chi connectivity index (χ3n) is 13.0. The van der Waals surface area contributed by atoms with Crippen molar-refractivity contribution in [3.05, 3.63) is 0 Å². The Hall–Kier alpha value is 0. The topological polar surface area (TPSA) is 0 Å². The second-order valence-electron chi connectivity index (χ2n) is 17.5. The van der Waals surface area contributed by atoms with Crippen molar-refractivity contribution >= 4 is 0 Å². The Morgan fingerprint density at radius 3 is 0.750 bits per heavy atom. The first kappa shape index (κ1) is 42.0. The fourth-order valence-electron chi connectivity index (χ4n) is 8.80. The van der Waals surface area contributed by atoms with E-state index in [0.29, 0.717) is 0 Å². The van der Waals surface area contributed by atoms with E-state index >= 15 is 0 Å². The summed E-state index contributed by atoms with van der Waals surface area (Å²) in [6, 6.07) is 0. The second kappa shape index (κ2) is 26.0. The molecule has 264 valence electrons. The minimum Gasteiger partial charge on any atom is -0.0651 e. The fourth-order valence-corrected chi connectivity index (χ4v) is 8.80. The van der Waals surface area contributed by atoms with Crippen LogP contribution in [-0.4, -0.2) is 0 Å². The molecule has 4 unspecified atom stereocenters. The van der Waals surface area contributed by atoms with Crippen LogP contribution in [0.2, 0.25) is 0 Å². The van der Waals surface area contributed by atoms with Crippen LogP contribution in [0.5, 0.6) is 0 Å². The average Bonchev–Trinajstić information content (AvgIpc) is 3.66. The van der Waals surface area contributed by atoms with E-state index in [4.69, 9.17) is 0 Å². The molecule has 0 spiro atoms. The van der Waals surface area contributed by atoms with Crippen LogP contribution in [0.1, 0.15) is 223 Å². The predicted octanol–water partition coefficient (Wildman–Crippen LogP) is 15.7. The summed E-state index contributed by atoms with van der Waals surface area (Å²) in [4.78, 5) is 0. The molecule has 0 saturated heterocycles. The van der Waals surface area contributed by atoms with Gasteiger partial charge < -0.3 is 0 Å². The molecule has 5 rings (SSSR count). The van der Waals surface area contributed by atoms with Gasteiger partial charge in [-0.25, -0.2) is 0 Å². The Bertz CT molecular complexity index is 546. The van der Waals surface area contributed by atoms with Gasteiger partial charge in [0.25, 0.3) is 0 Å². The molecule has 0 aromatic carbocycles. The molecule has 0 aromatic heterocycles. The van der Waals surface area contributed by atoms with Crippen molar-refractivity contribution in [2.24, 2.45) is 59.2 Å². The van der Waals surface area contributed by atoms with Crippen LogP contribution in [0.25, 0.3) is 0 Å². The molecule has 5 saturated carbocycles. The first-order valence-corrected chi connectivity index (χ1v) is 21.1. The highest BCUT2D eigenvalue weighted by molar-refractivity contribution is 4.73. The molecule has 0 heteroatoms. The highest BCUT2D eigenvalue weighted by atomic mass is 14.3. The van der Waals surface area contributed by atoms with E-state index in [-0.39, 0.29) is 0 Å². The van der Waals surface area contributed by atoms with Gasteiger partial charge in [0.05, 0.1) is 0 Å². The summed E-state index contributed by atoms with van der Waals surface area (Å²) < 4.78 is 0. The Morgan fingerprint density at radius 2 is 0.523 bits per heavy atom. The smallest absolute Gasteiger partial charge is 0.0414 e. The van der Waals surface area contributed by atoms with Crippen LogP contribution in [-0.2, 0) is 0 Å². The average molecular weight is 617 g/mol. The van der Waals surface area contributed by atoms with Crippen molar-refractivity contribution in [3.63, 3.8) is 0 Å². The number of hydrogen-bond acceptors (Lipinski definition) is 0. The van der Waals surface area contributed by atoms with Gasteiger partial charge in [0, 0.05) is 0 Å². The summed E-state index contributed by atoms with van der Waals surface area (Å²) in [5.41, 5.74) is 0. The van der Waals surface area contributed by atoms with Crippen molar-refractivity contribution in [2.45, 2.75) is 223 Å². The highest BCUT2D eigenvalue weighted by Crippen LogP contribution is 2.34. The van der Waals surface area contributed by atoms with E-state index in [0.717, 1.165) is 59.2 Å². The maximum Gasteiger partial charge on any atom is -0.0414 e. The van der Waals surface area contributed by atoms with Gasteiger partial charge in [-0.3, -0.25) is 0 Å². The van der Waals surface area contributed by atoms with Crippen molar-refractivity contribution in [3.8, 4) is 0 Å². The molecular weight excluding hydrogens is 528 g/mol. The minimum atomic E-state index is 1.01. The molecule has 0 aromatic rings. The van der Waals surface area contributed by atoms with Crippen LogP contribution in [0.4, 0.5) is 0 Å². The third kappa shape index (κ3) is 21.0. The Morgan fingerprint density at radius 1 is 0.273 bits per heavy atom. The van der Waals surface area contributed by atoms with Gasteiger partial charge in [-0.05, 0) is 72.0 Å². The molecule has 5 aliphatic rings. The normalized spacial score (nSPS) is 37.2. The van der Waals surface area contributed by atoms with Crippen molar-refractivity contribution in [1.29, 1.82) is 0 Å². The molecule has 0 amide bonds. The van der Waals surface area contributed by atoms with Crippen LogP contribution in [0.15, 0.2) is 0 Å². The molecule has 0 radical (unpaired) electrons. The minimum absolute atomic E-state index is 1.01. The SMILES string of the molecule is CC1CCC(C)C1.CC1CCC(C)CC1.CC1CCCC(C)CCC1.CCC1CCC(CC)C1.CCC1CCC(CC)CC1. The van der Waals surface area contributed by atoms with E-state index in [9.17, 15) is 0 Å². The monoisotopic (exact) mass is 617 g/mol. The number of rotatable bonds is 4. The van der Waals surface area contributed by atoms with Crippen LogP contribution >= 0.6 is 0 Å². The molecule has 44 heavy (non-hydrogen) atoms. The summed E-state index contributed by atoms with van der Waals surface area (Å²) in [6.07, 6.45) is 35.4. The zero-order valence-electron chi connectivity index (χ0n) is 32.7. The maximum atomic E-state index is 2.40. The van der Waals surface area contributed by atoms with Crippen LogP contribution < -0.4 is 0 Å². The number of hydrogen-bond donors (Lipinski definition) is 0. The van der Waals surface area contributed by atoms with Gasteiger partial charge in [-0.2, -0.15) is 0 Å². The third-order valence-corrected chi connectivity index (χ3v) is 13.0. The first-order chi connectivity index (χ1) is 21.1. The molecule has 0 heterocycles. The molecule has 0 N–H and O–H groups in total. The zero-order chi connectivity index (χ0) is 32.7.